The predicted molar refractivity (Wildman–Crippen MR) is 89.6 cm³/mol. The van der Waals surface area contributed by atoms with Crippen LogP contribution < -0.4 is 9.47 Å². The molecule has 4 fully saturated rings. The maximum absolute atomic E-state index is 12.9. The Bertz CT molecular complexity index is 761. The first-order chi connectivity index (χ1) is 12.9. The average Bonchev–Trinajstić information content (AvgIpc) is 3.26. The van der Waals surface area contributed by atoms with Gasteiger partial charge in [0, 0.05) is 18.5 Å². The van der Waals surface area contributed by atoms with Crippen molar-refractivity contribution in [1.29, 1.82) is 0 Å². The van der Waals surface area contributed by atoms with Gasteiger partial charge in [-0.3, -0.25) is 9.69 Å². The fraction of sp³-hybridized carbons (Fsp3) is 0.632. The summed E-state index contributed by atoms with van der Waals surface area (Å²) in [4.78, 5) is 16.4. The fourth-order valence-corrected chi connectivity index (χ4v) is 5.41. The first-order valence-corrected chi connectivity index (χ1v) is 9.40. The summed E-state index contributed by atoms with van der Waals surface area (Å²) >= 11 is 0. The predicted octanol–water partition coefficient (Wildman–Crippen LogP) is 2.76. The monoisotopic (exact) mass is 382 g/mol. The minimum Gasteiger partial charge on any atom is -0.454 e. The van der Waals surface area contributed by atoms with Gasteiger partial charge in [0.2, 0.25) is 12.7 Å². The van der Waals surface area contributed by atoms with Gasteiger partial charge in [0.05, 0.1) is 6.04 Å². The Morgan fingerprint density at radius 2 is 1.85 bits per heavy atom. The van der Waals surface area contributed by atoms with E-state index >= 15 is 0 Å². The van der Waals surface area contributed by atoms with Gasteiger partial charge in [-0.25, -0.2) is 0 Å². The Morgan fingerprint density at radius 1 is 1.11 bits per heavy atom. The first-order valence-electron chi connectivity index (χ1n) is 9.40. The number of nitrogens with zero attached hydrogens (tertiary/aromatic N) is 2. The lowest BCUT2D eigenvalue weighted by molar-refractivity contribution is -0.164. The zero-order valence-electron chi connectivity index (χ0n) is 14.7. The molecule has 1 amide bonds. The fourth-order valence-electron chi connectivity index (χ4n) is 5.41. The van der Waals surface area contributed by atoms with Gasteiger partial charge in [-0.15, -0.1) is 0 Å². The van der Waals surface area contributed by atoms with Gasteiger partial charge in [-0.1, -0.05) is 6.07 Å². The van der Waals surface area contributed by atoms with E-state index in [2.05, 4.69) is 4.90 Å². The van der Waals surface area contributed by atoms with Crippen LogP contribution in [0, 0.1) is 5.92 Å². The Kier molecular flexibility index (Phi) is 3.83. The third-order valence-electron chi connectivity index (χ3n) is 6.49. The molecule has 8 heteroatoms. The third kappa shape index (κ3) is 2.85. The number of hydrogen-bond acceptors (Lipinski definition) is 4. The number of alkyl halides is 3. The Balaban J connectivity index is 1.48. The van der Waals surface area contributed by atoms with E-state index in [9.17, 15) is 18.0 Å². The molecule has 0 saturated carbocycles. The van der Waals surface area contributed by atoms with E-state index in [4.69, 9.17) is 9.47 Å². The number of piperidine rings is 3. The second kappa shape index (κ2) is 6.02. The topological polar surface area (TPSA) is 42.0 Å². The summed E-state index contributed by atoms with van der Waals surface area (Å²) in [6, 6.07) is 5.68. The van der Waals surface area contributed by atoms with Gasteiger partial charge in [-0.05, 0) is 49.5 Å². The Morgan fingerprint density at radius 3 is 2.59 bits per heavy atom. The third-order valence-corrected chi connectivity index (χ3v) is 6.49. The molecule has 0 spiro atoms. The van der Waals surface area contributed by atoms with E-state index < -0.39 is 18.5 Å². The van der Waals surface area contributed by atoms with Gasteiger partial charge >= 0.3 is 6.18 Å². The van der Waals surface area contributed by atoms with Gasteiger partial charge in [0.15, 0.2) is 11.5 Å². The van der Waals surface area contributed by atoms with Crippen LogP contribution in [-0.2, 0) is 4.79 Å². The number of likely N-dealkylation sites (tertiary alicyclic amines) is 1. The highest BCUT2D eigenvalue weighted by atomic mass is 19.4. The number of halogens is 3. The minimum absolute atomic E-state index is 0.00946. The lowest BCUT2D eigenvalue weighted by Crippen LogP contribution is -2.60. The molecule has 0 aromatic heterocycles. The molecule has 0 unspecified atom stereocenters. The lowest BCUT2D eigenvalue weighted by Gasteiger charge is -2.51. The van der Waals surface area contributed by atoms with Crippen LogP contribution in [0.2, 0.25) is 0 Å². The quantitative estimate of drug-likeness (QED) is 0.789. The average molecular weight is 382 g/mol. The molecule has 1 aromatic rings. The Labute approximate surface area is 155 Å². The molecule has 2 bridgehead atoms. The van der Waals surface area contributed by atoms with Crippen LogP contribution in [0.3, 0.4) is 0 Å². The molecule has 4 saturated heterocycles. The van der Waals surface area contributed by atoms with Crippen LogP contribution in [0.4, 0.5) is 13.2 Å². The van der Waals surface area contributed by atoms with Crippen molar-refractivity contribution in [3.05, 3.63) is 23.8 Å². The molecule has 3 atom stereocenters. The minimum atomic E-state index is -4.47. The van der Waals surface area contributed by atoms with Crippen LogP contribution in [0.15, 0.2) is 18.2 Å². The molecule has 146 valence electrons. The molecular weight excluding hydrogens is 361 g/mol. The maximum Gasteiger partial charge on any atom is 0.397 e. The SMILES string of the molecule is O=C(CC(F)(F)F)N1C[C@H](c2ccc3c(c2)OCO3)[C@H]2[C@@H]1C1CCN2CC1. The van der Waals surface area contributed by atoms with E-state index in [-0.39, 0.29) is 30.7 Å². The number of hydrogen-bond donors (Lipinski definition) is 0. The molecule has 5 aliphatic rings. The summed E-state index contributed by atoms with van der Waals surface area (Å²) in [6.07, 6.45) is -3.95. The number of benzene rings is 1. The van der Waals surface area contributed by atoms with Crippen molar-refractivity contribution in [2.45, 2.75) is 43.4 Å². The van der Waals surface area contributed by atoms with Crippen molar-refractivity contribution >= 4 is 5.91 Å². The zero-order valence-corrected chi connectivity index (χ0v) is 14.7. The van der Waals surface area contributed by atoms with Crippen LogP contribution in [-0.4, -0.2) is 60.4 Å². The molecule has 5 aliphatic heterocycles. The van der Waals surface area contributed by atoms with E-state index in [1.807, 2.05) is 18.2 Å². The van der Waals surface area contributed by atoms with Crippen molar-refractivity contribution in [3.63, 3.8) is 0 Å². The second-order valence-corrected chi connectivity index (χ2v) is 7.91. The number of carbonyl (C=O) groups is 1. The summed E-state index contributed by atoms with van der Waals surface area (Å²) in [6.45, 7) is 2.42. The highest BCUT2D eigenvalue weighted by Gasteiger charge is 2.55. The normalized spacial score (nSPS) is 34.0. The lowest BCUT2D eigenvalue weighted by atomic mass is 9.75. The van der Waals surface area contributed by atoms with Gasteiger partial charge < -0.3 is 14.4 Å². The van der Waals surface area contributed by atoms with Crippen LogP contribution in [0.5, 0.6) is 11.5 Å². The van der Waals surface area contributed by atoms with Crippen molar-refractivity contribution < 1.29 is 27.4 Å². The van der Waals surface area contributed by atoms with Crippen LogP contribution >= 0.6 is 0 Å². The number of amides is 1. The van der Waals surface area contributed by atoms with Crippen LogP contribution in [0.1, 0.15) is 30.7 Å². The van der Waals surface area contributed by atoms with Gasteiger partial charge in [0.1, 0.15) is 6.42 Å². The molecule has 0 aliphatic carbocycles. The van der Waals surface area contributed by atoms with Crippen molar-refractivity contribution in [2.75, 3.05) is 26.4 Å². The van der Waals surface area contributed by atoms with Crippen LogP contribution in [0.25, 0.3) is 0 Å². The maximum atomic E-state index is 12.9. The molecule has 5 heterocycles. The van der Waals surface area contributed by atoms with Crippen molar-refractivity contribution in [2.24, 2.45) is 5.92 Å². The van der Waals surface area contributed by atoms with Crippen molar-refractivity contribution in [3.8, 4) is 11.5 Å². The van der Waals surface area contributed by atoms with E-state index in [1.165, 1.54) is 4.90 Å². The molecule has 5 nitrogen and oxygen atoms in total. The van der Waals surface area contributed by atoms with Gasteiger partial charge in [0.25, 0.3) is 0 Å². The molecular formula is C19H21F3N2O3. The summed E-state index contributed by atoms with van der Waals surface area (Å²) in [5.74, 6) is 0.833. The van der Waals surface area contributed by atoms with E-state index in [1.54, 1.807) is 0 Å². The van der Waals surface area contributed by atoms with E-state index in [0.717, 1.165) is 31.5 Å². The molecule has 27 heavy (non-hydrogen) atoms. The molecule has 0 radical (unpaired) electrons. The molecule has 6 rings (SSSR count). The standard InChI is InChI=1S/C19H21F3N2O3/c20-19(21,22)8-16(25)24-9-13(12-1-2-14-15(7-12)27-10-26-14)18-17(24)11-3-5-23(18)6-4-11/h1-2,7,11,13,17-18H,3-6,8-10H2/t13-,17+,18+/m1/s1. The number of rotatable bonds is 2. The second-order valence-electron chi connectivity index (χ2n) is 7.91. The highest BCUT2D eigenvalue weighted by Crippen LogP contribution is 2.48. The first kappa shape index (κ1) is 17.2. The highest BCUT2D eigenvalue weighted by molar-refractivity contribution is 5.78. The summed E-state index contributed by atoms with van der Waals surface area (Å²) in [7, 11) is 0. The Hall–Kier alpha value is -1.96. The largest absolute Gasteiger partial charge is 0.454 e. The zero-order chi connectivity index (χ0) is 18.8. The molecule has 0 N–H and O–H groups in total. The summed E-state index contributed by atoms with van der Waals surface area (Å²) in [5, 5.41) is 0. The summed E-state index contributed by atoms with van der Waals surface area (Å²) < 4.78 is 49.4. The van der Waals surface area contributed by atoms with Crippen molar-refractivity contribution in [1.82, 2.24) is 9.80 Å². The smallest absolute Gasteiger partial charge is 0.397 e. The molecule has 1 aromatic carbocycles. The van der Waals surface area contributed by atoms with Gasteiger partial charge in [-0.2, -0.15) is 13.2 Å². The number of ether oxygens (including phenoxy) is 2. The number of carbonyl (C=O) groups excluding carboxylic acids is 1. The van der Waals surface area contributed by atoms with E-state index in [0.29, 0.717) is 18.0 Å². The number of fused-ring (bicyclic) bond motifs is 3. The summed E-state index contributed by atoms with van der Waals surface area (Å²) in [5.41, 5.74) is 1.00.